The van der Waals surface area contributed by atoms with Crippen molar-refractivity contribution in [1.82, 2.24) is 20.4 Å². The Hall–Kier alpha value is -3.31. The summed E-state index contributed by atoms with van der Waals surface area (Å²) in [5.74, 6) is 1.68. The summed E-state index contributed by atoms with van der Waals surface area (Å²) < 4.78 is 1.64. The van der Waals surface area contributed by atoms with E-state index in [4.69, 9.17) is 5.73 Å². The zero-order valence-corrected chi connectivity index (χ0v) is 18.8. The van der Waals surface area contributed by atoms with Gasteiger partial charge in [-0.2, -0.15) is 10.4 Å². The van der Waals surface area contributed by atoms with E-state index in [1.165, 1.54) is 4.88 Å². The van der Waals surface area contributed by atoms with E-state index in [0.717, 1.165) is 43.3 Å². The Morgan fingerprint density at radius 1 is 1.26 bits per heavy atom. The van der Waals surface area contributed by atoms with Crippen LogP contribution in [0.2, 0.25) is 0 Å². The number of hydrogen-bond acceptors (Lipinski definition) is 5. The number of nitrogens with zero attached hydrogens (tertiary/aromatic N) is 4. The number of nitriles is 1. The van der Waals surface area contributed by atoms with E-state index in [0.29, 0.717) is 23.7 Å². The first kappa shape index (κ1) is 22.4. The Morgan fingerprint density at radius 2 is 2.06 bits per heavy atom. The Balaban J connectivity index is 1.48. The molecular formula is C23H29N7S. The lowest BCUT2D eigenvalue weighted by Crippen LogP contribution is -2.40. The highest BCUT2D eigenvalue weighted by Gasteiger charge is 2.16. The van der Waals surface area contributed by atoms with Crippen LogP contribution in [0.1, 0.15) is 29.5 Å². The molecule has 162 valence electrons. The molecule has 0 aliphatic carbocycles. The number of thiophene rings is 1. The minimum atomic E-state index is 0.383. The van der Waals surface area contributed by atoms with Crippen LogP contribution in [0.25, 0.3) is 5.69 Å². The number of nitrogens with two attached hydrogens (primary N) is 1. The molecule has 0 aliphatic heterocycles. The van der Waals surface area contributed by atoms with Crippen molar-refractivity contribution in [3.8, 4) is 11.8 Å². The van der Waals surface area contributed by atoms with Gasteiger partial charge < -0.3 is 16.4 Å². The third-order valence-electron chi connectivity index (χ3n) is 4.96. The van der Waals surface area contributed by atoms with E-state index >= 15 is 0 Å². The van der Waals surface area contributed by atoms with Crippen LogP contribution in [0.3, 0.4) is 0 Å². The first-order valence-electron chi connectivity index (χ1n) is 10.4. The number of benzene rings is 1. The highest BCUT2D eigenvalue weighted by Crippen LogP contribution is 2.21. The highest BCUT2D eigenvalue weighted by molar-refractivity contribution is 7.09. The average molecular weight is 436 g/mol. The molecule has 0 fully saturated rings. The lowest BCUT2D eigenvalue weighted by molar-refractivity contribution is 0.561. The summed E-state index contributed by atoms with van der Waals surface area (Å²) in [7, 11) is 1.77. The predicted molar refractivity (Wildman–Crippen MR) is 128 cm³/mol. The molecule has 7 nitrogen and oxygen atoms in total. The molecule has 3 rings (SSSR count). The van der Waals surface area contributed by atoms with E-state index < -0.39 is 0 Å². The quantitative estimate of drug-likeness (QED) is 0.272. The largest absolute Gasteiger partial charge is 0.382 e. The van der Waals surface area contributed by atoms with Crippen molar-refractivity contribution in [3.63, 3.8) is 0 Å². The average Bonchev–Trinajstić information content (AvgIpc) is 3.41. The van der Waals surface area contributed by atoms with Gasteiger partial charge in [0.05, 0.1) is 11.4 Å². The smallest absolute Gasteiger partial charge is 0.190 e. The molecule has 8 heteroatoms. The molecule has 0 aliphatic rings. The normalized spacial score (nSPS) is 12.4. The molecule has 31 heavy (non-hydrogen) atoms. The fourth-order valence-corrected chi connectivity index (χ4v) is 4.21. The van der Waals surface area contributed by atoms with E-state index in [1.807, 2.05) is 30.3 Å². The summed E-state index contributed by atoms with van der Waals surface area (Å²) >= 11 is 1.80. The first-order chi connectivity index (χ1) is 15.1. The van der Waals surface area contributed by atoms with Gasteiger partial charge in [-0.15, -0.1) is 11.3 Å². The number of rotatable bonds is 9. The SMILES string of the molecule is CN=C(NCCCc1nn(-c2ccccc2)c(N)c1C#N)NCC(C)Cc1cccs1. The zero-order chi connectivity index (χ0) is 22.1. The molecule has 2 aromatic heterocycles. The number of anilines is 1. The number of hydrogen-bond donors (Lipinski definition) is 3. The molecule has 0 amide bonds. The Labute approximate surface area is 187 Å². The van der Waals surface area contributed by atoms with Gasteiger partial charge in [-0.1, -0.05) is 31.2 Å². The number of nitrogens with one attached hydrogen (secondary N) is 2. The van der Waals surface area contributed by atoms with E-state index in [2.05, 4.69) is 51.2 Å². The van der Waals surface area contributed by atoms with Gasteiger partial charge in [0.15, 0.2) is 5.96 Å². The van der Waals surface area contributed by atoms with Crippen LogP contribution in [-0.2, 0) is 12.8 Å². The Morgan fingerprint density at radius 3 is 2.74 bits per heavy atom. The molecule has 1 aromatic carbocycles. The van der Waals surface area contributed by atoms with Gasteiger partial charge in [-0.3, -0.25) is 4.99 Å². The molecule has 1 unspecified atom stereocenters. The maximum Gasteiger partial charge on any atom is 0.190 e. The second-order valence-electron chi connectivity index (χ2n) is 7.44. The van der Waals surface area contributed by atoms with Crippen LogP contribution in [0.5, 0.6) is 0 Å². The number of aromatic nitrogens is 2. The van der Waals surface area contributed by atoms with Crippen molar-refractivity contribution in [2.24, 2.45) is 10.9 Å². The van der Waals surface area contributed by atoms with E-state index in [9.17, 15) is 5.26 Å². The van der Waals surface area contributed by atoms with E-state index in [-0.39, 0.29) is 0 Å². The number of aryl methyl sites for hydroxylation is 1. The number of aliphatic imine (C=N–C) groups is 1. The topological polar surface area (TPSA) is 104 Å². The van der Waals surface area contributed by atoms with Gasteiger partial charge in [0.1, 0.15) is 17.5 Å². The van der Waals surface area contributed by atoms with Gasteiger partial charge in [-0.05, 0) is 48.8 Å². The van der Waals surface area contributed by atoms with Crippen LogP contribution in [0.15, 0.2) is 52.8 Å². The molecule has 1 atom stereocenters. The molecule has 3 aromatic rings. The number of guanidine groups is 1. The maximum atomic E-state index is 9.53. The van der Waals surface area contributed by atoms with Gasteiger partial charge in [0, 0.05) is 25.0 Å². The predicted octanol–water partition coefficient (Wildman–Crippen LogP) is 3.36. The molecular weight excluding hydrogens is 406 g/mol. The molecule has 0 spiro atoms. The van der Waals surface area contributed by atoms with Crippen LogP contribution in [0.4, 0.5) is 5.82 Å². The lowest BCUT2D eigenvalue weighted by atomic mass is 10.1. The third-order valence-corrected chi connectivity index (χ3v) is 5.86. The molecule has 0 radical (unpaired) electrons. The second kappa shape index (κ2) is 11.2. The van der Waals surface area contributed by atoms with Crippen LogP contribution in [-0.4, -0.2) is 35.9 Å². The van der Waals surface area contributed by atoms with Gasteiger partial charge in [0.25, 0.3) is 0 Å². The molecule has 2 heterocycles. The minimum absolute atomic E-state index is 0.383. The summed E-state index contributed by atoms with van der Waals surface area (Å²) in [6.45, 7) is 3.81. The summed E-state index contributed by atoms with van der Waals surface area (Å²) in [5, 5.41) is 22.9. The maximum absolute atomic E-state index is 9.53. The minimum Gasteiger partial charge on any atom is -0.382 e. The van der Waals surface area contributed by atoms with Gasteiger partial charge in [0.2, 0.25) is 0 Å². The van der Waals surface area contributed by atoms with Crippen molar-refractivity contribution >= 4 is 23.1 Å². The Kier molecular flexibility index (Phi) is 8.07. The zero-order valence-electron chi connectivity index (χ0n) is 18.0. The van der Waals surface area contributed by atoms with Crippen molar-refractivity contribution in [2.45, 2.75) is 26.2 Å². The van der Waals surface area contributed by atoms with Crippen LogP contribution in [0, 0.1) is 17.2 Å². The van der Waals surface area contributed by atoms with E-state index in [1.54, 1.807) is 23.1 Å². The van der Waals surface area contributed by atoms with Crippen molar-refractivity contribution < 1.29 is 0 Å². The lowest BCUT2D eigenvalue weighted by Gasteiger charge is -2.15. The standard InChI is InChI=1S/C23H29N7S/c1-17(14-19-10-7-13-31-19)16-28-23(26-2)27-12-6-11-21-20(15-24)22(25)30(29-21)18-8-4-3-5-9-18/h3-5,7-10,13,17H,6,11-12,14,16,25H2,1-2H3,(H2,26,27,28). The van der Waals surface area contributed by atoms with Crippen molar-refractivity contribution in [1.29, 1.82) is 5.26 Å². The summed E-state index contributed by atoms with van der Waals surface area (Å²) in [4.78, 5) is 5.70. The fourth-order valence-electron chi connectivity index (χ4n) is 3.34. The number of nitrogen functional groups attached to an aromatic ring is 1. The second-order valence-corrected chi connectivity index (χ2v) is 8.47. The third kappa shape index (κ3) is 6.09. The Bertz CT molecular complexity index is 1020. The van der Waals surface area contributed by atoms with Crippen molar-refractivity contribution in [3.05, 3.63) is 64.0 Å². The monoisotopic (exact) mass is 435 g/mol. The molecule has 0 saturated heterocycles. The highest BCUT2D eigenvalue weighted by atomic mass is 32.1. The van der Waals surface area contributed by atoms with Crippen molar-refractivity contribution in [2.75, 3.05) is 25.9 Å². The number of para-hydroxylation sites is 1. The molecule has 4 N–H and O–H groups in total. The van der Waals surface area contributed by atoms with Gasteiger partial charge in [-0.25, -0.2) is 4.68 Å². The fraction of sp³-hybridized carbons (Fsp3) is 0.348. The summed E-state index contributed by atoms with van der Waals surface area (Å²) in [6, 6.07) is 16.1. The summed E-state index contributed by atoms with van der Waals surface area (Å²) in [5.41, 5.74) is 8.19. The first-order valence-corrected chi connectivity index (χ1v) is 11.3. The summed E-state index contributed by atoms with van der Waals surface area (Å²) in [6.07, 6.45) is 2.53. The van der Waals surface area contributed by atoms with Gasteiger partial charge >= 0.3 is 0 Å². The molecule has 0 bridgehead atoms. The molecule has 0 saturated carbocycles. The van der Waals surface area contributed by atoms with Crippen LogP contribution < -0.4 is 16.4 Å². The van der Waals surface area contributed by atoms with Crippen LogP contribution >= 0.6 is 11.3 Å².